The molecule has 0 saturated carbocycles. The van der Waals surface area contributed by atoms with E-state index in [0.29, 0.717) is 38.3 Å². The average molecular weight is 368 g/mol. The van der Waals surface area contributed by atoms with E-state index in [4.69, 9.17) is 4.74 Å². The molecule has 7 heteroatoms. The van der Waals surface area contributed by atoms with Gasteiger partial charge in [-0.1, -0.05) is 19.9 Å². The zero-order chi connectivity index (χ0) is 18.4. The molecule has 6 nitrogen and oxygen atoms in total. The molecule has 1 aromatic rings. The Bertz CT molecular complexity index is 686. The second kappa shape index (κ2) is 8.67. The quantitative estimate of drug-likeness (QED) is 0.773. The van der Waals surface area contributed by atoms with E-state index in [1.54, 1.807) is 18.2 Å². The molecule has 2 rings (SSSR count). The third kappa shape index (κ3) is 4.52. The molecule has 1 saturated heterocycles. The van der Waals surface area contributed by atoms with Gasteiger partial charge in [0.05, 0.1) is 12.0 Å². The molecule has 140 valence electrons. The molecule has 1 fully saturated rings. The highest BCUT2D eigenvalue weighted by Crippen LogP contribution is 2.22. The van der Waals surface area contributed by atoms with Crippen LogP contribution < -0.4 is 4.74 Å². The summed E-state index contributed by atoms with van der Waals surface area (Å²) in [7, 11) is -2.07. The fourth-order valence-corrected chi connectivity index (χ4v) is 4.67. The molecule has 0 aromatic heterocycles. The Morgan fingerprint density at radius 1 is 1.16 bits per heavy atom. The SMILES string of the molecule is CCC(CC)C(=O)N1CCCN(S(=O)(=O)c2cccc(OC)c2)CC1. The van der Waals surface area contributed by atoms with E-state index in [0.717, 1.165) is 12.8 Å². The van der Waals surface area contributed by atoms with Crippen LogP contribution in [-0.2, 0) is 14.8 Å². The fourth-order valence-electron chi connectivity index (χ4n) is 3.16. The summed E-state index contributed by atoms with van der Waals surface area (Å²) in [6.07, 6.45) is 2.28. The minimum absolute atomic E-state index is 0.0292. The maximum Gasteiger partial charge on any atom is 0.243 e. The molecule has 0 spiro atoms. The van der Waals surface area contributed by atoms with Crippen LogP contribution in [0.4, 0.5) is 0 Å². The van der Waals surface area contributed by atoms with Crippen molar-refractivity contribution >= 4 is 15.9 Å². The molecular weight excluding hydrogens is 340 g/mol. The van der Waals surface area contributed by atoms with Crippen molar-refractivity contribution in [3.8, 4) is 5.75 Å². The number of carbonyl (C=O) groups is 1. The number of hydrogen-bond acceptors (Lipinski definition) is 4. The van der Waals surface area contributed by atoms with Crippen molar-refractivity contribution < 1.29 is 17.9 Å². The number of carbonyl (C=O) groups excluding carboxylic acids is 1. The Morgan fingerprint density at radius 3 is 2.52 bits per heavy atom. The summed E-state index contributed by atoms with van der Waals surface area (Å²) in [4.78, 5) is 14.6. The van der Waals surface area contributed by atoms with Crippen LogP contribution in [0.1, 0.15) is 33.1 Å². The summed E-state index contributed by atoms with van der Waals surface area (Å²) >= 11 is 0. The first-order valence-electron chi connectivity index (χ1n) is 8.87. The third-order valence-corrected chi connectivity index (χ3v) is 6.67. The summed E-state index contributed by atoms with van der Waals surface area (Å²) in [5.41, 5.74) is 0. The van der Waals surface area contributed by atoms with Gasteiger partial charge in [-0.3, -0.25) is 4.79 Å². The van der Waals surface area contributed by atoms with Gasteiger partial charge in [0.15, 0.2) is 0 Å². The van der Waals surface area contributed by atoms with Gasteiger partial charge in [0.25, 0.3) is 0 Å². The second-order valence-electron chi connectivity index (χ2n) is 6.28. The Morgan fingerprint density at radius 2 is 1.88 bits per heavy atom. The standard InChI is InChI=1S/C18H28N2O4S/c1-4-15(5-2)18(21)19-10-7-11-20(13-12-19)25(22,23)17-9-6-8-16(14-17)24-3/h6,8-9,14-15H,4-5,7,10-13H2,1-3H3. The van der Waals surface area contributed by atoms with Crippen LogP contribution in [0.3, 0.4) is 0 Å². The van der Waals surface area contributed by atoms with Gasteiger partial charge in [0.1, 0.15) is 5.75 Å². The number of methoxy groups -OCH3 is 1. The first-order valence-corrected chi connectivity index (χ1v) is 10.3. The van der Waals surface area contributed by atoms with Gasteiger partial charge in [0.2, 0.25) is 15.9 Å². The lowest BCUT2D eigenvalue weighted by atomic mass is 10.0. The van der Waals surface area contributed by atoms with E-state index in [-0.39, 0.29) is 16.7 Å². The fraction of sp³-hybridized carbons (Fsp3) is 0.611. The van der Waals surface area contributed by atoms with Crippen LogP contribution in [-0.4, -0.2) is 56.8 Å². The Hall–Kier alpha value is -1.60. The zero-order valence-electron chi connectivity index (χ0n) is 15.3. The summed E-state index contributed by atoms with van der Waals surface area (Å²) in [6.45, 7) is 5.84. The summed E-state index contributed by atoms with van der Waals surface area (Å²) in [6, 6.07) is 6.51. The molecule has 1 aliphatic heterocycles. The first-order chi connectivity index (χ1) is 11.9. The second-order valence-corrected chi connectivity index (χ2v) is 8.21. The lowest BCUT2D eigenvalue weighted by molar-refractivity contribution is -0.135. The molecule has 1 aromatic carbocycles. The number of hydrogen-bond donors (Lipinski definition) is 0. The van der Waals surface area contributed by atoms with Crippen molar-refractivity contribution in [2.45, 2.75) is 38.0 Å². The number of amides is 1. The molecule has 0 atom stereocenters. The molecule has 1 heterocycles. The van der Waals surface area contributed by atoms with Crippen molar-refractivity contribution in [1.29, 1.82) is 0 Å². The van der Waals surface area contributed by atoms with Gasteiger partial charge in [-0.2, -0.15) is 4.31 Å². The normalized spacial score (nSPS) is 16.7. The molecule has 0 unspecified atom stereocenters. The largest absolute Gasteiger partial charge is 0.497 e. The smallest absolute Gasteiger partial charge is 0.243 e. The molecule has 0 radical (unpaired) electrons. The highest BCUT2D eigenvalue weighted by molar-refractivity contribution is 7.89. The van der Waals surface area contributed by atoms with Gasteiger partial charge in [-0.05, 0) is 31.4 Å². The van der Waals surface area contributed by atoms with Crippen LogP contribution in [0.2, 0.25) is 0 Å². The van der Waals surface area contributed by atoms with Gasteiger partial charge < -0.3 is 9.64 Å². The zero-order valence-corrected chi connectivity index (χ0v) is 16.1. The predicted octanol–water partition coefficient (Wildman–Crippen LogP) is 2.35. The van der Waals surface area contributed by atoms with E-state index in [9.17, 15) is 13.2 Å². The van der Waals surface area contributed by atoms with Crippen LogP contribution in [0, 0.1) is 5.92 Å². The van der Waals surface area contributed by atoms with E-state index >= 15 is 0 Å². The van der Waals surface area contributed by atoms with Gasteiger partial charge in [0, 0.05) is 38.2 Å². The molecule has 0 N–H and O–H groups in total. The lowest BCUT2D eigenvalue weighted by Gasteiger charge is -2.25. The molecule has 1 amide bonds. The van der Waals surface area contributed by atoms with Crippen molar-refractivity contribution in [2.24, 2.45) is 5.92 Å². The van der Waals surface area contributed by atoms with Crippen LogP contribution in [0.15, 0.2) is 29.2 Å². The van der Waals surface area contributed by atoms with Crippen molar-refractivity contribution in [2.75, 3.05) is 33.3 Å². The summed E-state index contributed by atoms with van der Waals surface area (Å²) in [5, 5.41) is 0. The first kappa shape index (κ1) is 19.7. The number of rotatable bonds is 6. The minimum atomic E-state index is -3.58. The number of nitrogens with zero attached hydrogens (tertiary/aromatic N) is 2. The van der Waals surface area contributed by atoms with Gasteiger partial charge >= 0.3 is 0 Å². The highest BCUT2D eigenvalue weighted by Gasteiger charge is 2.30. The number of sulfonamides is 1. The topological polar surface area (TPSA) is 66.9 Å². The monoisotopic (exact) mass is 368 g/mol. The van der Waals surface area contributed by atoms with Gasteiger partial charge in [-0.25, -0.2) is 8.42 Å². The van der Waals surface area contributed by atoms with Crippen molar-refractivity contribution in [3.05, 3.63) is 24.3 Å². The van der Waals surface area contributed by atoms with E-state index < -0.39 is 10.0 Å². The summed E-state index contributed by atoms with van der Waals surface area (Å²) < 4.78 is 32.4. The van der Waals surface area contributed by atoms with Crippen molar-refractivity contribution in [1.82, 2.24) is 9.21 Å². The Kier molecular flexibility index (Phi) is 6.84. The van der Waals surface area contributed by atoms with E-state index in [2.05, 4.69) is 0 Å². The molecule has 25 heavy (non-hydrogen) atoms. The molecule has 0 aliphatic carbocycles. The maximum absolute atomic E-state index is 12.9. The van der Waals surface area contributed by atoms with Crippen LogP contribution in [0.5, 0.6) is 5.75 Å². The Balaban J connectivity index is 2.12. The van der Waals surface area contributed by atoms with Crippen LogP contribution >= 0.6 is 0 Å². The minimum Gasteiger partial charge on any atom is -0.497 e. The number of ether oxygens (including phenoxy) is 1. The average Bonchev–Trinajstić information content (AvgIpc) is 2.89. The van der Waals surface area contributed by atoms with Gasteiger partial charge in [-0.15, -0.1) is 0 Å². The molecular formula is C18H28N2O4S. The maximum atomic E-state index is 12.9. The highest BCUT2D eigenvalue weighted by atomic mass is 32.2. The Labute approximate surface area is 150 Å². The van der Waals surface area contributed by atoms with Crippen molar-refractivity contribution in [3.63, 3.8) is 0 Å². The van der Waals surface area contributed by atoms with E-state index in [1.165, 1.54) is 17.5 Å². The molecule has 0 bridgehead atoms. The van der Waals surface area contributed by atoms with E-state index in [1.807, 2.05) is 18.7 Å². The predicted molar refractivity (Wildman–Crippen MR) is 97.0 cm³/mol. The number of benzene rings is 1. The van der Waals surface area contributed by atoms with Crippen LogP contribution in [0.25, 0.3) is 0 Å². The third-order valence-electron chi connectivity index (χ3n) is 4.78. The molecule has 1 aliphatic rings. The lowest BCUT2D eigenvalue weighted by Crippen LogP contribution is -2.39. The summed E-state index contributed by atoms with van der Waals surface area (Å²) in [5.74, 6) is 0.689.